The molecule has 1 aliphatic heterocycles. The monoisotopic (exact) mass is 404 g/mol. The van der Waals surface area contributed by atoms with Crippen molar-refractivity contribution in [2.45, 2.75) is 26.3 Å². The number of rotatable bonds is 8. The highest BCUT2D eigenvalue weighted by atomic mass is 19.1. The Hall–Kier alpha value is -2.52. The molecule has 3 rings (SSSR count). The van der Waals surface area contributed by atoms with E-state index in [0.29, 0.717) is 44.4 Å². The number of nitrogens with zero attached hydrogens (tertiary/aromatic N) is 4. The first-order valence-corrected chi connectivity index (χ1v) is 10.0. The highest BCUT2D eigenvalue weighted by Gasteiger charge is 2.22. The Morgan fingerprint density at radius 2 is 2.00 bits per heavy atom. The van der Waals surface area contributed by atoms with E-state index in [4.69, 9.17) is 14.3 Å². The van der Waals surface area contributed by atoms with Crippen molar-refractivity contribution in [2.24, 2.45) is 4.99 Å². The lowest BCUT2D eigenvalue weighted by Gasteiger charge is -2.34. The van der Waals surface area contributed by atoms with Gasteiger partial charge in [-0.2, -0.15) is 4.98 Å². The number of guanidine groups is 1. The normalized spacial score (nSPS) is 16.6. The van der Waals surface area contributed by atoms with Gasteiger partial charge in [-0.1, -0.05) is 17.3 Å². The highest BCUT2D eigenvalue weighted by molar-refractivity contribution is 5.79. The summed E-state index contributed by atoms with van der Waals surface area (Å²) in [5.74, 6) is 1.73. The molecule has 1 fully saturated rings. The van der Waals surface area contributed by atoms with Gasteiger partial charge in [0.15, 0.2) is 11.8 Å². The first-order valence-electron chi connectivity index (χ1n) is 10.0. The minimum Gasteiger partial charge on any atom is -0.379 e. The first kappa shape index (κ1) is 21.2. The van der Waals surface area contributed by atoms with Gasteiger partial charge in [0.2, 0.25) is 5.89 Å². The molecule has 0 bridgehead atoms. The molecule has 2 N–H and O–H groups in total. The average molecular weight is 404 g/mol. The number of aliphatic imine (C=N–C) groups is 1. The Morgan fingerprint density at radius 3 is 2.66 bits per heavy atom. The third-order valence-corrected chi connectivity index (χ3v) is 4.71. The number of aromatic nitrogens is 2. The van der Waals surface area contributed by atoms with Crippen LogP contribution in [0.1, 0.15) is 30.2 Å². The lowest BCUT2D eigenvalue weighted by molar-refractivity contribution is 0.0179. The first-order chi connectivity index (χ1) is 14.2. The molecule has 9 heteroatoms. The molecule has 2 aromatic rings. The number of halogens is 1. The van der Waals surface area contributed by atoms with Crippen molar-refractivity contribution < 1.29 is 13.7 Å². The predicted octanol–water partition coefficient (Wildman–Crippen LogP) is 1.69. The van der Waals surface area contributed by atoms with E-state index >= 15 is 0 Å². The van der Waals surface area contributed by atoms with Crippen molar-refractivity contribution in [2.75, 3.05) is 45.9 Å². The number of nitrogens with one attached hydrogen (secondary N) is 2. The van der Waals surface area contributed by atoms with Gasteiger partial charge < -0.3 is 19.9 Å². The summed E-state index contributed by atoms with van der Waals surface area (Å²) in [7, 11) is 0. The topological polar surface area (TPSA) is 87.8 Å². The molecule has 0 amide bonds. The van der Waals surface area contributed by atoms with Gasteiger partial charge in [-0.05, 0) is 31.5 Å². The van der Waals surface area contributed by atoms with Gasteiger partial charge in [0.1, 0.15) is 5.82 Å². The molecule has 8 nitrogen and oxygen atoms in total. The number of morpholine rings is 1. The Labute approximate surface area is 170 Å². The summed E-state index contributed by atoms with van der Waals surface area (Å²) in [6.07, 6.45) is 0.621. The minimum absolute atomic E-state index is 0.0635. The maximum Gasteiger partial charge on any atom is 0.228 e. The van der Waals surface area contributed by atoms with E-state index in [1.54, 1.807) is 6.92 Å². The molecule has 1 atom stereocenters. The Balaban J connectivity index is 1.65. The number of benzene rings is 1. The molecule has 0 spiro atoms. The van der Waals surface area contributed by atoms with Crippen LogP contribution in [0.2, 0.25) is 0 Å². The zero-order chi connectivity index (χ0) is 20.5. The van der Waals surface area contributed by atoms with Gasteiger partial charge in [0.05, 0.1) is 25.8 Å². The summed E-state index contributed by atoms with van der Waals surface area (Å²) in [6, 6.07) is 6.74. The third-order valence-electron chi connectivity index (χ3n) is 4.71. The fraction of sp³-hybridized carbons (Fsp3) is 0.550. The maximum atomic E-state index is 13.4. The smallest absolute Gasteiger partial charge is 0.228 e. The lowest BCUT2D eigenvalue weighted by atomic mass is 10.0. The van der Waals surface area contributed by atoms with Crippen LogP contribution in [-0.2, 0) is 11.2 Å². The second kappa shape index (κ2) is 10.9. The van der Waals surface area contributed by atoms with Crippen LogP contribution in [-0.4, -0.2) is 66.9 Å². The molecule has 2 heterocycles. The predicted molar refractivity (Wildman–Crippen MR) is 108 cm³/mol. The average Bonchev–Trinajstić information content (AvgIpc) is 3.15. The Kier molecular flexibility index (Phi) is 7.94. The van der Waals surface area contributed by atoms with E-state index < -0.39 is 0 Å². The molecule has 1 aliphatic rings. The van der Waals surface area contributed by atoms with Gasteiger partial charge in [-0.3, -0.25) is 9.89 Å². The van der Waals surface area contributed by atoms with E-state index in [-0.39, 0.29) is 11.9 Å². The van der Waals surface area contributed by atoms with Crippen molar-refractivity contribution in [3.8, 4) is 0 Å². The highest BCUT2D eigenvalue weighted by Crippen LogP contribution is 2.22. The summed E-state index contributed by atoms with van der Waals surface area (Å²) in [6.45, 7) is 8.82. The molecule has 0 radical (unpaired) electrons. The van der Waals surface area contributed by atoms with E-state index in [1.807, 2.05) is 19.1 Å². The van der Waals surface area contributed by atoms with E-state index in [2.05, 4.69) is 25.7 Å². The molecular formula is C20H29FN6O2. The lowest BCUT2D eigenvalue weighted by Crippen LogP contribution is -2.42. The van der Waals surface area contributed by atoms with Gasteiger partial charge in [-0.25, -0.2) is 4.39 Å². The second-order valence-electron chi connectivity index (χ2n) is 6.85. The Morgan fingerprint density at radius 1 is 1.24 bits per heavy atom. The Bertz CT molecular complexity index is 774. The van der Waals surface area contributed by atoms with E-state index in [0.717, 1.165) is 31.2 Å². The quantitative estimate of drug-likeness (QED) is 0.511. The number of hydrogen-bond donors (Lipinski definition) is 2. The molecular weight excluding hydrogens is 375 g/mol. The molecule has 1 unspecified atom stereocenters. The number of ether oxygens (including phenoxy) is 1. The van der Waals surface area contributed by atoms with Crippen molar-refractivity contribution in [3.63, 3.8) is 0 Å². The van der Waals surface area contributed by atoms with Crippen LogP contribution in [0.25, 0.3) is 0 Å². The second-order valence-corrected chi connectivity index (χ2v) is 6.85. The molecule has 0 saturated carbocycles. The zero-order valence-electron chi connectivity index (χ0n) is 17.0. The summed E-state index contributed by atoms with van der Waals surface area (Å²) in [5.41, 5.74) is 1.05. The van der Waals surface area contributed by atoms with Gasteiger partial charge in [0.25, 0.3) is 0 Å². The van der Waals surface area contributed by atoms with Crippen LogP contribution in [0.5, 0.6) is 0 Å². The number of hydrogen-bond acceptors (Lipinski definition) is 6. The molecule has 0 aliphatic carbocycles. The SMILES string of the molecule is CCNC(=NCC(c1ccc(F)cc1)N1CCOCC1)NCCc1nc(C)no1. The summed E-state index contributed by atoms with van der Waals surface area (Å²) in [5, 5.41) is 10.4. The minimum atomic E-state index is -0.232. The zero-order valence-corrected chi connectivity index (χ0v) is 17.0. The van der Waals surface area contributed by atoms with Crippen LogP contribution in [0, 0.1) is 12.7 Å². The third kappa shape index (κ3) is 6.50. The molecule has 29 heavy (non-hydrogen) atoms. The standard InChI is InChI=1S/C20H29FN6O2/c1-3-22-20(23-9-8-19-25-15(2)26-29-19)24-14-18(27-10-12-28-13-11-27)16-4-6-17(21)7-5-16/h4-7,18H,3,8-14H2,1-2H3,(H2,22,23,24). The fourth-order valence-electron chi connectivity index (χ4n) is 3.25. The summed E-state index contributed by atoms with van der Waals surface area (Å²) < 4.78 is 24.0. The van der Waals surface area contributed by atoms with E-state index in [1.165, 1.54) is 12.1 Å². The van der Waals surface area contributed by atoms with Gasteiger partial charge >= 0.3 is 0 Å². The van der Waals surface area contributed by atoms with Crippen LogP contribution >= 0.6 is 0 Å². The molecule has 158 valence electrons. The van der Waals surface area contributed by atoms with Gasteiger partial charge in [-0.15, -0.1) is 0 Å². The van der Waals surface area contributed by atoms with Crippen molar-refractivity contribution >= 4 is 5.96 Å². The molecule has 1 saturated heterocycles. The van der Waals surface area contributed by atoms with E-state index in [9.17, 15) is 4.39 Å². The summed E-state index contributed by atoms with van der Waals surface area (Å²) in [4.78, 5) is 11.3. The van der Waals surface area contributed by atoms with Crippen LogP contribution in [0.15, 0.2) is 33.8 Å². The summed E-state index contributed by atoms with van der Waals surface area (Å²) >= 11 is 0. The maximum absolute atomic E-state index is 13.4. The van der Waals surface area contributed by atoms with Crippen molar-refractivity contribution in [1.82, 2.24) is 25.7 Å². The van der Waals surface area contributed by atoms with Crippen LogP contribution in [0.4, 0.5) is 4.39 Å². The van der Waals surface area contributed by atoms with Crippen molar-refractivity contribution in [3.05, 3.63) is 47.4 Å². The largest absolute Gasteiger partial charge is 0.379 e. The fourth-order valence-corrected chi connectivity index (χ4v) is 3.25. The van der Waals surface area contributed by atoms with Crippen LogP contribution < -0.4 is 10.6 Å². The van der Waals surface area contributed by atoms with Crippen LogP contribution in [0.3, 0.4) is 0 Å². The molecule has 1 aromatic heterocycles. The number of aryl methyl sites for hydroxylation is 1. The van der Waals surface area contributed by atoms with Gasteiger partial charge in [0, 0.05) is 32.6 Å². The molecule has 1 aromatic carbocycles. The van der Waals surface area contributed by atoms with Crippen molar-refractivity contribution in [1.29, 1.82) is 0 Å².